The van der Waals surface area contributed by atoms with Crippen molar-refractivity contribution < 1.29 is 19.4 Å². The monoisotopic (exact) mass is 600 g/mol. The first-order valence-corrected chi connectivity index (χ1v) is 14.4. The third-order valence-corrected chi connectivity index (χ3v) is 8.42. The van der Waals surface area contributed by atoms with E-state index in [0.29, 0.717) is 63.3 Å². The molecule has 12 heteroatoms. The Morgan fingerprint density at radius 3 is 2.60 bits per heavy atom. The molecule has 220 valence electrons. The van der Waals surface area contributed by atoms with E-state index in [0.717, 1.165) is 25.9 Å². The Morgan fingerprint density at radius 1 is 1.14 bits per heavy atom. The van der Waals surface area contributed by atoms with E-state index in [-0.39, 0.29) is 35.0 Å². The zero-order valence-corrected chi connectivity index (χ0v) is 24.1. The number of imide groups is 1. The van der Waals surface area contributed by atoms with E-state index in [2.05, 4.69) is 19.9 Å². The number of nitriles is 1. The molecule has 0 saturated carbocycles. The number of piperidine rings is 1. The van der Waals surface area contributed by atoms with Gasteiger partial charge in [0.25, 0.3) is 17.4 Å². The summed E-state index contributed by atoms with van der Waals surface area (Å²) in [6, 6.07) is 11.5. The Hall–Kier alpha value is -4.50. The van der Waals surface area contributed by atoms with Gasteiger partial charge in [-0.05, 0) is 81.7 Å². The number of pyridine rings is 1. The van der Waals surface area contributed by atoms with Crippen LogP contribution in [0.25, 0.3) is 22.4 Å². The highest BCUT2D eigenvalue weighted by atomic mass is 35.5. The first-order valence-electron chi connectivity index (χ1n) is 14.0. The summed E-state index contributed by atoms with van der Waals surface area (Å²) in [6.45, 7) is 1.65. The maximum Gasteiger partial charge on any atom is 0.261 e. The van der Waals surface area contributed by atoms with Crippen molar-refractivity contribution in [2.45, 2.75) is 37.8 Å². The largest absolute Gasteiger partial charge is 0.491 e. The fourth-order valence-electron chi connectivity index (χ4n) is 5.73. The molecule has 1 atom stereocenters. The Kier molecular flexibility index (Phi) is 7.75. The number of aromatic amines is 2. The third-order valence-electron chi connectivity index (χ3n) is 8.11. The molecule has 4 aromatic rings. The Labute approximate surface area is 251 Å². The van der Waals surface area contributed by atoms with Crippen LogP contribution in [-0.2, 0) is 6.42 Å². The number of carbonyl (C=O) groups excluding carboxylic acids is 2. The van der Waals surface area contributed by atoms with Crippen LogP contribution in [-0.4, -0.2) is 80.6 Å². The Bertz CT molecular complexity index is 1780. The molecule has 2 aromatic carbocycles. The van der Waals surface area contributed by atoms with E-state index in [9.17, 15) is 19.5 Å². The molecule has 2 aliphatic heterocycles. The molecule has 2 aliphatic rings. The number of aliphatic hydroxyl groups excluding tert-OH is 1. The second-order valence-corrected chi connectivity index (χ2v) is 11.4. The van der Waals surface area contributed by atoms with Gasteiger partial charge in [0, 0.05) is 18.3 Å². The van der Waals surface area contributed by atoms with Crippen molar-refractivity contribution in [1.29, 1.82) is 5.26 Å². The summed E-state index contributed by atoms with van der Waals surface area (Å²) >= 11 is 6.05. The molecule has 0 radical (unpaired) electrons. The molecule has 11 nitrogen and oxygen atoms in total. The number of imidazole rings is 1. The van der Waals surface area contributed by atoms with Gasteiger partial charge in [-0.1, -0.05) is 11.6 Å². The minimum absolute atomic E-state index is 0.00637. The number of ether oxygens (including phenoxy) is 1. The highest BCUT2D eigenvalue weighted by Crippen LogP contribution is 2.32. The van der Waals surface area contributed by atoms with Gasteiger partial charge in [-0.15, -0.1) is 0 Å². The fourth-order valence-corrected chi connectivity index (χ4v) is 5.94. The topological polar surface area (TPSA) is 155 Å². The second kappa shape index (κ2) is 11.6. The summed E-state index contributed by atoms with van der Waals surface area (Å²) in [4.78, 5) is 53.6. The van der Waals surface area contributed by atoms with Crippen molar-refractivity contribution in [1.82, 2.24) is 24.8 Å². The average Bonchev–Trinajstić information content (AvgIpc) is 3.51. The number of hydrogen-bond donors (Lipinski definition) is 3. The molecular formula is C31H29ClN6O5. The molecule has 0 unspecified atom stereocenters. The summed E-state index contributed by atoms with van der Waals surface area (Å²) in [5.41, 5.74) is 2.63. The van der Waals surface area contributed by atoms with Crippen LogP contribution in [0.1, 0.15) is 51.1 Å². The number of nitrogens with zero attached hydrogens (tertiary/aromatic N) is 4. The zero-order chi connectivity index (χ0) is 30.2. The van der Waals surface area contributed by atoms with Gasteiger partial charge in [0.05, 0.1) is 44.4 Å². The lowest BCUT2D eigenvalue weighted by atomic mass is 10.0. The fraction of sp³-hybridized carbons (Fsp3) is 0.323. The second-order valence-electron chi connectivity index (χ2n) is 11.0. The molecule has 2 aromatic heterocycles. The Balaban J connectivity index is 1.19. The number of benzene rings is 2. The van der Waals surface area contributed by atoms with Crippen molar-refractivity contribution in [2.75, 3.05) is 26.7 Å². The molecule has 6 rings (SSSR count). The van der Waals surface area contributed by atoms with Crippen molar-refractivity contribution in [3.05, 3.63) is 80.2 Å². The van der Waals surface area contributed by atoms with Gasteiger partial charge >= 0.3 is 0 Å². The number of amides is 2. The molecule has 0 aliphatic carbocycles. The zero-order valence-electron chi connectivity index (χ0n) is 23.4. The molecule has 0 spiro atoms. The lowest BCUT2D eigenvalue weighted by Gasteiger charge is -2.33. The molecule has 1 saturated heterocycles. The molecule has 3 N–H and O–H groups in total. The minimum atomic E-state index is -0.843. The van der Waals surface area contributed by atoms with E-state index in [1.54, 1.807) is 30.3 Å². The Morgan fingerprint density at radius 2 is 1.88 bits per heavy atom. The number of aryl methyl sites for hydroxylation is 1. The summed E-state index contributed by atoms with van der Waals surface area (Å²) in [7, 11) is 2.03. The molecule has 2 amide bonds. The number of halogens is 1. The maximum atomic E-state index is 13.3. The van der Waals surface area contributed by atoms with Crippen molar-refractivity contribution in [3.63, 3.8) is 0 Å². The van der Waals surface area contributed by atoms with Crippen LogP contribution in [0, 0.1) is 11.3 Å². The van der Waals surface area contributed by atoms with Crippen LogP contribution >= 0.6 is 11.6 Å². The first-order chi connectivity index (χ1) is 20.7. The molecular weight excluding hydrogens is 572 g/mol. The minimum Gasteiger partial charge on any atom is -0.491 e. The molecule has 0 bridgehead atoms. The maximum absolute atomic E-state index is 13.3. The summed E-state index contributed by atoms with van der Waals surface area (Å²) < 4.78 is 5.63. The average molecular weight is 601 g/mol. The van der Waals surface area contributed by atoms with E-state index < -0.39 is 6.10 Å². The number of rotatable bonds is 8. The van der Waals surface area contributed by atoms with Crippen LogP contribution in [0.4, 0.5) is 0 Å². The van der Waals surface area contributed by atoms with Gasteiger partial charge in [0.1, 0.15) is 24.3 Å². The number of fused-ring (bicyclic) bond motifs is 2. The first kappa shape index (κ1) is 28.6. The van der Waals surface area contributed by atoms with Crippen LogP contribution in [0.15, 0.2) is 47.4 Å². The quantitative estimate of drug-likeness (QED) is 0.260. The highest BCUT2D eigenvalue weighted by Gasteiger charge is 2.41. The number of H-pyrrole nitrogens is 2. The van der Waals surface area contributed by atoms with E-state index in [1.165, 1.54) is 17.2 Å². The van der Waals surface area contributed by atoms with Crippen LogP contribution in [0.3, 0.4) is 0 Å². The SMILES string of the molecule is CN1CCC(N2C(=O)c3cc4nc(-c5c(CC[C@@H](O)COc6ccc(C#N)c(Cl)c6)cc[nH]c5=O)[nH]c4cc3C2=O)CC1. The lowest BCUT2D eigenvalue weighted by molar-refractivity contribution is 0.0516. The van der Waals surface area contributed by atoms with Gasteiger partial charge in [-0.2, -0.15) is 5.26 Å². The summed E-state index contributed by atoms with van der Waals surface area (Å²) in [5, 5.41) is 19.9. The predicted molar refractivity (Wildman–Crippen MR) is 159 cm³/mol. The molecule has 43 heavy (non-hydrogen) atoms. The van der Waals surface area contributed by atoms with Crippen LogP contribution in [0.5, 0.6) is 5.75 Å². The number of nitrogens with one attached hydrogen (secondary N) is 2. The lowest BCUT2D eigenvalue weighted by Crippen LogP contribution is -2.46. The van der Waals surface area contributed by atoms with E-state index in [1.807, 2.05) is 13.1 Å². The number of aromatic nitrogens is 3. The van der Waals surface area contributed by atoms with Crippen molar-refractivity contribution >= 4 is 34.4 Å². The van der Waals surface area contributed by atoms with E-state index >= 15 is 0 Å². The van der Waals surface area contributed by atoms with Crippen molar-refractivity contribution in [3.8, 4) is 23.2 Å². The standard InChI is InChI=1S/C31H29ClN6O5/c1-37-10-7-19(8-11-37)38-30(41)22-13-25-26(14-23(22)31(38)42)36-28(35-25)27-17(6-9-34-29(27)40)2-4-20(39)16-43-21-5-3-18(15-33)24(32)12-21/h3,5-6,9,12-14,19-20,39H,2,4,7-8,10-11,16H2,1H3,(H,34,40)(H,35,36)/t20-/m1/s1. The number of likely N-dealkylation sites (tertiary alicyclic amines) is 1. The van der Waals surface area contributed by atoms with Crippen molar-refractivity contribution in [2.24, 2.45) is 0 Å². The van der Waals surface area contributed by atoms with Crippen LogP contribution < -0.4 is 10.3 Å². The van der Waals surface area contributed by atoms with E-state index in [4.69, 9.17) is 21.6 Å². The van der Waals surface area contributed by atoms with Gasteiger partial charge in [0.2, 0.25) is 0 Å². The van der Waals surface area contributed by atoms with Gasteiger partial charge in [-0.25, -0.2) is 4.98 Å². The number of carbonyl (C=O) groups is 2. The van der Waals surface area contributed by atoms with Crippen LogP contribution in [0.2, 0.25) is 5.02 Å². The van der Waals surface area contributed by atoms with Gasteiger partial charge in [-0.3, -0.25) is 19.3 Å². The highest BCUT2D eigenvalue weighted by molar-refractivity contribution is 6.31. The number of aliphatic hydroxyl groups is 1. The summed E-state index contributed by atoms with van der Waals surface area (Å²) in [6.07, 6.45) is 2.83. The summed E-state index contributed by atoms with van der Waals surface area (Å²) in [5.74, 6) is 0.130. The molecule has 1 fully saturated rings. The smallest absolute Gasteiger partial charge is 0.261 e. The normalized spacial score (nSPS) is 16.5. The van der Waals surface area contributed by atoms with Gasteiger partial charge < -0.3 is 24.7 Å². The third kappa shape index (κ3) is 5.52. The van der Waals surface area contributed by atoms with Gasteiger partial charge in [0.15, 0.2) is 0 Å². The number of hydrogen-bond acceptors (Lipinski definition) is 8. The molecule has 4 heterocycles. The predicted octanol–water partition coefficient (Wildman–Crippen LogP) is 3.51.